The van der Waals surface area contributed by atoms with E-state index in [1.807, 2.05) is 49.4 Å². The fraction of sp³-hybridized carbons (Fsp3) is 0.368. The lowest BCUT2D eigenvalue weighted by atomic mass is 10.2. The van der Waals surface area contributed by atoms with Gasteiger partial charge in [-0.15, -0.1) is 0 Å². The van der Waals surface area contributed by atoms with Gasteiger partial charge in [-0.1, -0.05) is 18.2 Å². The van der Waals surface area contributed by atoms with Crippen LogP contribution >= 0.6 is 0 Å². The maximum absolute atomic E-state index is 10.0. The molecule has 1 atom stereocenters. The molecule has 5 heteroatoms. The van der Waals surface area contributed by atoms with Crippen LogP contribution in [-0.2, 0) is 6.54 Å². The third-order valence-corrected chi connectivity index (χ3v) is 3.59. The standard InChI is InChI=1S/C19H25NO4/c1-14-5-4-6-17(9-14)24-13-16(21)12-20-11-15-7-8-18(22-2)19(10-15)23-3/h4-10,16,20-21H,11-13H2,1-3H3/t16-/m1/s1. The van der Waals surface area contributed by atoms with E-state index in [0.29, 0.717) is 24.6 Å². The van der Waals surface area contributed by atoms with E-state index in [9.17, 15) is 5.11 Å². The third-order valence-electron chi connectivity index (χ3n) is 3.59. The Balaban J connectivity index is 1.75. The van der Waals surface area contributed by atoms with Crippen molar-refractivity contribution in [2.24, 2.45) is 0 Å². The zero-order valence-electron chi connectivity index (χ0n) is 14.4. The van der Waals surface area contributed by atoms with Crippen molar-refractivity contribution < 1.29 is 19.3 Å². The first-order valence-electron chi connectivity index (χ1n) is 7.91. The number of rotatable bonds is 9. The van der Waals surface area contributed by atoms with Crippen molar-refractivity contribution >= 4 is 0 Å². The van der Waals surface area contributed by atoms with E-state index in [4.69, 9.17) is 14.2 Å². The molecule has 2 aromatic carbocycles. The second-order valence-corrected chi connectivity index (χ2v) is 5.60. The van der Waals surface area contributed by atoms with E-state index in [2.05, 4.69) is 5.32 Å². The van der Waals surface area contributed by atoms with Crippen molar-refractivity contribution in [3.05, 3.63) is 53.6 Å². The van der Waals surface area contributed by atoms with E-state index in [1.165, 1.54) is 0 Å². The van der Waals surface area contributed by atoms with Gasteiger partial charge in [0, 0.05) is 13.1 Å². The van der Waals surface area contributed by atoms with Crippen LogP contribution in [0.4, 0.5) is 0 Å². The molecule has 5 nitrogen and oxygen atoms in total. The molecule has 0 aliphatic rings. The molecule has 0 saturated heterocycles. The number of aliphatic hydroxyl groups is 1. The lowest BCUT2D eigenvalue weighted by Gasteiger charge is -2.14. The number of hydrogen-bond donors (Lipinski definition) is 2. The Hall–Kier alpha value is -2.24. The number of aliphatic hydroxyl groups excluding tert-OH is 1. The summed E-state index contributed by atoms with van der Waals surface area (Å²) in [5, 5.41) is 13.2. The summed E-state index contributed by atoms with van der Waals surface area (Å²) in [5.74, 6) is 2.17. The molecule has 0 spiro atoms. The second-order valence-electron chi connectivity index (χ2n) is 5.60. The molecule has 0 bridgehead atoms. The summed E-state index contributed by atoms with van der Waals surface area (Å²) in [7, 11) is 3.22. The van der Waals surface area contributed by atoms with E-state index in [0.717, 1.165) is 16.9 Å². The van der Waals surface area contributed by atoms with Crippen LogP contribution in [0.1, 0.15) is 11.1 Å². The van der Waals surface area contributed by atoms with Crippen molar-refractivity contribution in [2.75, 3.05) is 27.4 Å². The molecule has 2 aromatic rings. The van der Waals surface area contributed by atoms with Gasteiger partial charge in [0.25, 0.3) is 0 Å². The molecule has 0 saturated carbocycles. The Labute approximate surface area is 143 Å². The van der Waals surface area contributed by atoms with Crippen LogP contribution in [0.2, 0.25) is 0 Å². The monoisotopic (exact) mass is 331 g/mol. The quantitative estimate of drug-likeness (QED) is 0.739. The predicted octanol–water partition coefficient (Wildman–Crippen LogP) is 2.54. The lowest BCUT2D eigenvalue weighted by molar-refractivity contribution is 0.106. The fourth-order valence-corrected chi connectivity index (χ4v) is 2.33. The van der Waals surface area contributed by atoms with Crippen molar-refractivity contribution in [1.82, 2.24) is 5.32 Å². The smallest absolute Gasteiger partial charge is 0.161 e. The number of nitrogens with one attached hydrogen (secondary N) is 1. The summed E-state index contributed by atoms with van der Waals surface area (Å²) in [4.78, 5) is 0. The van der Waals surface area contributed by atoms with Crippen molar-refractivity contribution in [1.29, 1.82) is 0 Å². The first-order valence-corrected chi connectivity index (χ1v) is 7.91. The Bertz CT molecular complexity index is 645. The summed E-state index contributed by atoms with van der Waals surface area (Å²) >= 11 is 0. The molecule has 0 aliphatic carbocycles. The highest BCUT2D eigenvalue weighted by Gasteiger charge is 2.07. The van der Waals surface area contributed by atoms with Gasteiger partial charge in [-0.25, -0.2) is 0 Å². The van der Waals surface area contributed by atoms with Crippen LogP contribution in [0.25, 0.3) is 0 Å². The van der Waals surface area contributed by atoms with Gasteiger partial charge in [0.15, 0.2) is 11.5 Å². The summed E-state index contributed by atoms with van der Waals surface area (Å²) in [6, 6.07) is 13.5. The molecule has 0 heterocycles. The molecule has 0 amide bonds. The first kappa shape index (κ1) is 18.1. The lowest BCUT2D eigenvalue weighted by Crippen LogP contribution is -2.31. The Morgan fingerprint density at radius 3 is 2.54 bits per heavy atom. The Kier molecular flexibility index (Phi) is 6.90. The van der Waals surface area contributed by atoms with Crippen molar-refractivity contribution in [3.63, 3.8) is 0 Å². The van der Waals surface area contributed by atoms with Gasteiger partial charge in [-0.05, 0) is 42.3 Å². The number of aryl methyl sites for hydroxylation is 1. The average Bonchev–Trinajstić information content (AvgIpc) is 2.60. The zero-order valence-corrected chi connectivity index (χ0v) is 14.4. The van der Waals surface area contributed by atoms with E-state index >= 15 is 0 Å². The van der Waals surface area contributed by atoms with Gasteiger partial charge in [-0.3, -0.25) is 0 Å². The van der Waals surface area contributed by atoms with Gasteiger partial charge in [0.05, 0.1) is 14.2 Å². The van der Waals surface area contributed by atoms with Crippen molar-refractivity contribution in [2.45, 2.75) is 19.6 Å². The number of benzene rings is 2. The summed E-state index contributed by atoms with van der Waals surface area (Å²) in [5.41, 5.74) is 2.19. The highest BCUT2D eigenvalue weighted by Crippen LogP contribution is 2.27. The minimum Gasteiger partial charge on any atom is -0.493 e. The summed E-state index contributed by atoms with van der Waals surface area (Å²) in [6.07, 6.45) is -0.578. The topological polar surface area (TPSA) is 60.0 Å². The first-order chi connectivity index (χ1) is 11.6. The summed E-state index contributed by atoms with van der Waals surface area (Å²) in [6.45, 7) is 3.33. The second kappa shape index (κ2) is 9.15. The normalized spacial score (nSPS) is 11.8. The van der Waals surface area contributed by atoms with Crippen LogP contribution in [0.15, 0.2) is 42.5 Å². The molecule has 0 aliphatic heterocycles. The van der Waals surface area contributed by atoms with Crippen molar-refractivity contribution in [3.8, 4) is 17.2 Å². The Morgan fingerprint density at radius 1 is 1.04 bits per heavy atom. The summed E-state index contributed by atoms with van der Waals surface area (Å²) < 4.78 is 16.1. The minimum atomic E-state index is -0.578. The van der Waals surface area contributed by atoms with Gasteiger partial charge in [-0.2, -0.15) is 0 Å². The van der Waals surface area contributed by atoms with Gasteiger partial charge in [0.1, 0.15) is 18.5 Å². The maximum atomic E-state index is 10.0. The van der Waals surface area contributed by atoms with Crippen LogP contribution < -0.4 is 19.5 Å². The van der Waals surface area contributed by atoms with Crippen LogP contribution in [-0.4, -0.2) is 38.6 Å². The molecular formula is C19H25NO4. The SMILES string of the molecule is COc1ccc(CNC[C@@H](O)COc2cccc(C)c2)cc1OC. The molecule has 0 unspecified atom stereocenters. The van der Waals surface area contributed by atoms with Crippen LogP contribution in [0.5, 0.6) is 17.2 Å². The fourth-order valence-electron chi connectivity index (χ4n) is 2.33. The van der Waals surface area contributed by atoms with E-state index in [1.54, 1.807) is 14.2 Å². The van der Waals surface area contributed by atoms with Gasteiger partial charge in [0.2, 0.25) is 0 Å². The average molecular weight is 331 g/mol. The largest absolute Gasteiger partial charge is 0.493 e. The molecule has 2 N–H and O–H groups in total. The molecule has 2 rings (SSSR count). The highest BCUT2D eigenvalue weighted by atomic mass is 16.5. The van der Waals surface area contributed by atoms with Crippen LogP contribution in [0, 0.1) is 6.92 Å². The number of hydrogen-bond acceptors (Lipinski definition) is 5. The zero-order chi connectivity index (χ0) is 17.4. The molecular weight excluding hydrogens is 306 g/mol. The van der Waals surface area contributed by atoms with E-state index < -0.39 is 6.10 Å². The molecule has 0 radical (unpaired) electrons. The van der Waals surface area contributed by atoms with Gasteiger partial charge >= 0.3 is 0 Å². The molecule has 0 aromatic heterocycles. The minimum absolute atomic E-state index is 0.252. The maximum Gasteiger partial charge on any atom is 0.161 e. The van der Waals surface area contributed by atoms with Crippen LogP contribution in [0.3, 0.4) is 0 Å². The Morgan fingerprint density at radius 2 is 1.83 bits per heavy atom. The third kappa shape index (κ3) is 5.44. The van der Waals surface area contributed by atoms with E-state index in [-0.39, 0.29) is 6.61 Å². The number of ether oxygens (including phenoxy) is 3. The van der Waals surface area contributed by atoms with Gasteiger partial charge < -0.3 is 24.6 Å². The predicted molar refractivity (Wildman–Crippen MR) is 93.9 cm³/mol. The molecule has 24 heavy (non-hydrogen) atoms. The highest BCUT2D eigenvalue weighted by molar-refractivity contribution is 5.42. The molecule has 0 fully saturated rings. The molecule has 130 valence electrons. The number of methoxy groups -OCH3 is 2.